The molecule has 3 N–H and O–H groups in total. The second kappa shape index (κ2) is 6.00. The Kier molecular flexibility index (Phi) is 4.01. The molecule has 0 bridgehead atoms. The summed E-state index contributed by atoms with van der Waals surface area (Å²) in [5.41, 5.74) is 8.22. The summed E-state index contributed by atoms with van der Waals surface area (Å²) in [4.78, 5) is 6.74. The van der Waals surface area contributed by atoms with E-state index in [1.165, 1.54) is 0 Å². The molecular formula is C21H24ClN3O. The number of rotatable bonds is 2. The minimum Gasteiger partial charge on any atom is -0.384 e. The number of anilines is 1. The van der Waals surface area contributed by atoms with Crippen LogP contribution in [-0.2, 0) is 5.60 Å². The van der Waals surface area contributed by atoms with Gasteiger partial charge in [0, 0.05) is 34.9 Å². The molecule has 2 aromatic rings. The predicted molar refractivity (Wildman–Crippen MR) is 107 cm³/mol. The van der Waals surface area contributed by atoms with Crippen molar-refractivity contribution in [3.05, 3.63) is 58.6 Å². The number of nitrogens with zero attached hydrogens (tertiary/aromatic N) is 2. The van der Waals surface area contributed by atoms with Crippen LogP contribution in [0.25, 0.3) is 0 Å². The molecule has 2 aliphatic heterocycles. The van der Waals surface area contributed by atoms with Crippen LogP contribution < -0.4 is 10.6 Å². The Bertz CT molecular complexity index is 883. The van der Waals surface area contributed by atoms with E-state index in [0.29, 0.717) is 21.7 Å². The Morgan fingerprint density at radius 1 is 1.08 bits per heavy atom. The molecule has 1 atom stereocenters. The number of hydrogen-bond donors (Lipinski definition) is 2. The van der Waals surface area contributed by atoms with Crippen molar-refractivity contribution in [2.75, 3.05) is 18.0 Å². The van der Waals surface area contributed by atoms with Crippen LogP contribution in [0.4, 0.5) is 11.4 Å². The Hall–Kier alpha value is -2.04. The number of fused-ring (bicyclic) bond motifs is 1. The van der Waals surface area contributed by atoms with Gasteiger partial charge in [-0.05, 0) is 42.5 Å². The van der Waals surface area contributed by atoms with E-state index in [1.807, 2.05) is 18.2 Å². The average Bonchev–Trinajstić information content (AvgIpc) is 2.87. The maximum absolute atomic E-state index is 11.7. The van der Waals surface area contributed by atoms with E-state index < -0.39 is 5.60 Å². The van der Waals surface area contributed by atoms with Gasteiger partial charge in [-0.15, -0.1) is 0 Å². The number of aliphatic hydroxyl groups is 1. The van der Waals surface area contributed by atoms with Crippen LogP contribution in [0.1, 0.15) is 37.8 Å². The van der Waals surface area contributed by atoms with Gasteiger partial charge in [-0.3, -0.25) is 0 Å². The van der Waals surface area contributed by atoms with Gasteiger partial charge in [0.15, 0.2) is 5.60 Å². The molecule has 2 aliphatic rings. The van der Waals surface area contributed by atoms with Gasteiger partial charge in [0.05, 0.1) is 5.69 Å². The number of para-hydroxylation sites is 1. The van der Waals surface area contributed by atoms with Crippen LogP contribution in [0.3, 0.4) is 0 Å². The molecule has 1 saturated heterocycles. The van der Waals surface area contributed by atoms with E-state index in [9.17, 15) is 5.11 Å². The standard InChI is InChI=1S/C21H24ClN3O/c1-20(2)9-11-25(12-10-20)18-6-4-3-5-15(18)21(26)16-13-14(22)7-8-17(16)24-19(21)23/h3-8,13,26H,9-12H2,1-2H3,(H2,23,24). The van der Waals surface area contributed by atoms with Gasteiger partial charge in [0.25, 0.3) is 0 Å². The zero-order chi connectivity index (χ0) is 18.5. The molecule has 0 spiro atoms. The summed E-state index contributed by atoms with van der Waals surface area (Å²) in [6.07, 6.45) is 2.23. The summed E-state index contributed by atoms with van der Waals surface area (Å²) in [6, 6.07) is 13.3. The average molecular weight is 370 g/mol. The molecule has 4 rings (SSSR count). The van der Waals surface area contributed by atoms with Gasteiger partial charge in [-0.1, -0.05) is 43.6 Å². The second-order valence-corrected chi connectivity index (χ2v) is 8.47. The normalized spacial score (nSPS) is 24.3. The number of amidine groups is 1. The van der Waals surface area contributed by atoms with Crippen molar-refractivity contribution in [2.24, 2.45) is 16.1 Å². The molecule has 0 radical (unpaired) electrons. The molecule has 136 valence electrons. The highest BCUT2D eigenvalue weighted by Gasteiger charge is 2.44. The number of halogens is 1. The molecule has 4 nitrogen and oxygen atoms in total. The fourth-order valence-corrected chi connectivity index (χ4v) is 4.11. The van der Waals surface area contributed by atoms with E-state index >= 15 is 0 Å². The highest BCUT2D eigenvalue weighted by molar-refractivity contribution is 6.30. The minimum atomic E-state index is -1.45. The summed E-state index contributed by atoms with van der Waals surface area (Å²) in [5, 5.41) is 12.2. The number of aliphatic imine (C=N–C) groups is 1. The lowest BCUT2D eigenvalue weighted by atomic mass is 9.81. The van der Waals surface area contributed by atoms with Gasteiger partial charge in [0.1, 0.15) is 5.84 Å². The number of hydrogen-bond acceptors (Lipinski definition) is 4. The van der Waals surface area contributed by atoms with Crippen molar-refractivity contribution in [3.8, 4) is 0 Å². The van der Waals surface area contributed by atoms with Crippen LogP contribution in [0.5, 0.6) is 0 Å². The molecular weight excluding hydrogens is 346 g/mol. The Morgan fingerprint density at radius 3 is 2.50 bits per heavy atom. The lowest BCUT2D eigenvalue weighted by Gasteiger charge is -2.40. The highest BCUT2D eigenvalue weighted by atomic mass is 35.5. The summed E-state index contributed by atoms with van der Waals surface area (Å²) in [6.45, 7) is 6.53. The van der Waals surface area contributed by atoms with Gasteiger partial charge < -0.3 is 15.7 Å². The quantitative estimate of drug-likeness (QED) is 0.833. The van der Waals surface area contributed by atoms with E-state index in [4.69, 9.17) is 17.3 Å². The third kappa shape index (κ3) is 2.68. The van der Waals surface area contributed by atoms with Crippen LogP contribution in [0, 0.1) is 5.41 Å². The Labute approximate surface area is 159 Å². The van der Waals surface area contributed by atoms with Gasteiger partial charge >= 0.3 is 0 Å². The van der Waals surface area contributed by atoms with Crippen molar-refractivity contribution >= 4 is 28.8 Å². The topological polar surface area (TPSA) is 61.8 Å². The number of nitrogens with two attached hydrogens (primary N) is 1. The molecule has 1 fully saturated rings. The van der Waals surface area contributed by atoms with Crippen molar-refractivity contribution < 1.29 is 5.11 Å². The molecule has 0 saturated carbocycles. The SMILES string of the molecule is CC1(C)CCN(c2ccccc2C2(O)C(N)=Nc3ccc(Cl)cc32)CC1. The van der Waals surface area contributed by atoms with Gasteiger partial charge in [-0.2, -0.15) is 0 Å². The molecule has 2 heterocycles. The van der Waals surface area contributed by atoms with Crippen LogP contribution in [-0.4, -0.2) is 24.0 Å². The maximum atomic E-state index is 11.7. The van der Waals surface area contributed by atoms with E-state index in [2.05, 4.69) is 29.8 Å². The molecule has 2 aromatic carbocycles. The number of benzene rings is 2. The largest absolute Gasteiger partial charge is 0.384 e. The summed E-state index contributed by atoms with van der Waals surface area (Å²) >= 11 is 6.19. The Morgan fingerprint density at radius 2 is 1.77 bits per heavy atom. The predicted octanol–water partition coefficient (Wildman–Crippen LogP) is 4.20. The molecule has 0 aliphatic carbocycles. The summed E-state index contributed by atoms with van der Waals surface area (Å²) in [5.74, 6) is 0.194. The molecule has 0 aromatic heterocycles. The van der Waals surface area contributed by atoms with Gasteiger partial charge in [0.2, 0.25) is 0 Å². The molecule has 0 amide bonds. The maximum Gasteiger partial charge on any atom is 0.176 e. The third-order valence-corrected chi connectivity index (χ3v) is 5.95. The Balaban J connectivity index is 1.81. The first-order chi connectivity index (χ1) is 12.3. The molecule has 1 unspecified atom stereocenters. The highest BCUT2D eigenvalue weighted by Crippen LogP contribution is 2.46. The lowest BCUT2D eigenvalue weighted by Crippen LogP contribution is -2.43. The first kappa shape index (κ1) is 17.4. The van der Waals surface area contributed by atoms with Crippen molar-refractivity contribution in [1.29, 1.82) is 0 Å². The first-order valence-electron chi connectivity index (χ1n) is 9.03. The van der Waals surface area contributed by atoms with E-state index in [0.717, 1.165) is 37.2 Å². The fourth-order valence-electron chi connectivity index (χ4n) is 3.94. The summed E-state index contributed by atoms with van der Waals surface area (Å²) in [7, 11) is 0. The van der Waals surface area contributed by atoms with Crippen molar-refractivity contribution in [1.82, 2.24) is 0 Å². The zero-order valence-electron chi connectivity index (χ0n) is 15.2. The monoisotopic (exact) mass is 369 g/mol. The molecule has 5 heteroatoms. The first-order valence-corrected chi connectivity index (χ1v) is 9.40. The lowest BCUT2D eigenvalue weighted by molar-refractivity contribution is 0.158. The van der Waals surface area contributed by atoms with E-state index in [1.54, 1.807) is 18.2 Å². The van der Waals surface area contributed by atoms with Crippen molar-refractivity contribution in [3.63, 3.8) is 0 Å². The van der Waals surface area contributed by atoms with Crippen LogP contribution in [0.2, 0.25) is 5.02 Å². The second-order valence-electron chi connectivity index (χ2n) is 8.04. The summed E-state index contributed by atoms with van der Waals surface area (Å²) < 4.78 is 0. The fraction of sp³-hybridized carbons (Fsp3) is 0.381. The minimum absolute atomic E-state index is 0.194. The third-order valence-electron chi connectivity index (χ3n) is 5.71. The van der Waals surface area contributed by atoms with Crippen LogP contribution in [0.15, 0.2) is 47.5 Å². The smallest absolute Gasteiger partial charge is 0.176 e. The molecule has 26 heavy (non-hydrogen) atoms. The number of piperidine rings is 1. The van der Waals surface area contributed by atoms with Gasteiger partial charge in [-0.25, -0.2) is 4.99 Å². The zero-order valence-corrected chi connectivity index (χ0v) is 15.9. The van der Waals surface area contributed by atoms with Crippen LogP contribution >= 0.6 is 11.6 Å². The van der Waals surface area contributed by atoms with E-state index in [-0.39, 0.29) is 5.84 Å². The van der Waals surface area contributed by atoms with Crippen molar-refractivity contribution in [2.45, 2.75) is 32.3 Å².